The van der Waals surface area contributed by atoms with Crippen LogP contribution in [0, 0.1) is 23.0 Å². The van der Waals surface area contributed by atoms with Gasteiger partial charge in [0.15, 0.2) is 11.6 Å². The van der Waals surface area contributed by atoms with Gasteiger partial charge in [-0.3, -0.25) is 0 Å². The van der Waals surface area contributed by atoms with Crippen molar-refractivity contribution in [2.75, 3.05) is 6.61 Å². The number of benzene rings is 1. The highest BCUT2D eigenvalue weighted by Gasteiger charge is 2.42. The number of allylic oxidation sites excluding steroid dienone is 2. The van der Waals surface area contributed by atoms with Crippen molar-refractivity contribution >= 4 is 5.97 Å². The van der Waals surface area contributed by atoms with E-state index in [4.69, 9.17) is 15.2 Å². The molecule has 0 bridgehead atoms. The molecule has 1 heterocycles. The van der Waals surface area contributed by atoms with Crippen LogP contribution in [0.2, 0.25) is 0 Å². The van der Waals surface area contributed by atoms with E-state index in [-0.39, 0.29) is 12.4 Å². The van der Waals surface area contributed by atoms with Crippen LogP contribution in [0.4, 0.5) is 22.0 Å². The molecule has 2 rings (SSSR count). The summed E-state index contributed by atoms with van der Waals surface area (Å²) in [5.74, 6) is -8.23. The van der Waals surface area contributed by atoms with Crippen LogP contribution in [0.1, 0.15) is 25.3 Å². The van der Waals surface area contributed by atoms with Crippen molar-refractivity contribution in [1.29, 1.82) is 5.26 Å². The van der Waals surface area contributed by atoms with Crippen LogP contribution in [-0.4, -0.2) is 18.9 Å². The fourth-order valence-electron chi connectivity index (χ4n) is 2.68. The number of hydrogen-bond acceptors (Lipinski definition) is 6. The summed E-state index contributed by atoms with van der Waals surface area (Å²) in [5.41, 5.74) is 3.42. The molecular weight excluding hydrogens is 391 g/mol. The zero-order chi connectivity index (χ0) is 21.2. The van der Waals surface area contributed by atoms with Gasteiger partial charge in [-0.1, -0.05) is 0 Å². The smallest absolute Gasteiger partial charge is 0.463 e. The van der Waals surface area contributed by atoms with E-state index in [1.807, 2.05) is 0 Å². The maximum atomic E-state index is 14.6. The van der Waals surface area contributed by atoms with Crippen molar-refractivity contribution in [3.8, 4) is 11.8 Å². The Labute approximate surface area is 155 Å². The van der Waals surface area contributed by atoms with Crippen molar-refractivity contribution < 1.29 is 41.0 Å². The van der Waals surface area contributed by atoms with E-state index in [2.05, 4.69) is 4.74 Å². The Hall–Kier alpha value is -3.29. The number of carbonyl (C=O) groups excluding carboxylic acids is 1. The minimum absolute atomic E-state index is 0.138. The zero-order valence-electron chi connectivity index (χ0n) is 14.5. The van der Waals surface area contributed by atoms with Crippen LogP contribution in [0.25, 0.3) is 0 Å². The number of ether oxygens (including phenoxy) is 3. The molecule has 0 aromatic heterocycles. The summed E-state index contributed by atoms with van der Waals surface area (Å²) in [6.07, 6.45) is -5.38. The van der Waals surface area contributed by atoms with Crippen LogP contribution in [-0.2, 0) is 14.3 Å². The molecule has 1 unspecified atom stereocenters. The number of carbonyl (C=O) groups is 1. The summed E-state index contributed by atoms with van der Waals surface area (Å²) in [7, 11) is 0. The van der Waals surface area contributed by atoms with Crippen molar-refractivity contribution in [3.63, 3.8) is 0 Å². The van der Waals surface area contributed by atoms with E-state index in [1.54, 1.807) is 6.07 Å². The van der Waals surface area contributed by atoms with Gasteiger partial charge in [0.1, 0.15) is 23.2 Å². The molecule has 0 amide bonds. The van der Waals surface area contributed by atoms with E-state index in [0.717, 1.165) is 0 Å². The summed E-state index contributed by atoms with van der Waals surface area (Å²) >= 11 is 0. The molecule has 28 heavy (non-hydrogen) atoms. The molecule has 0 radical (unpaired) electrons. The van der Waals surface area contributed by atoms with Gasteiger partial charge in [-0.25, -0.2) is 13.6 Å². The van der Waals surface area contributed by atoms with Gasteiger partial charge in [0.25, 0.3) is 0 Å². The average molecular weight is 404 g/mol. The maximum absolute atomic E-state index is 14.6. The van der Waals surface area contributed by atoms with Gasteiger partial charge in [0.2, 0.25) is 5.88 Å². The first kappa shape index (κ1) is 21.0. The number of hydrogen-bond donors (Lipinski definition) is 1. The molecule has 0 saturated heterocycles. The number of alkyl halides is 3. The summed E-state index contributed by atoms with van der Waals surface area (Å²) in [4.78, 5) is 12.3. The number of rotatable bonds is 4. The van der Waals surface area contributed by atoms with E-state index < -0.39 is 58.2 Å². The fourth-order valence-corrected chi connectivity index (χ4v) is 2.68. The summed E-state index contributed by atoms with van der Waals surface area (Å²) in [5, 5.41) is 9.37. The van der Waals surface area contributed by atoms with Crippen molar-refractivity contribution in [3.05, 3.63) is 52.1 Å². The fraction of sp³-hybridized carbons (Fsp3) is 0.294. The van der Waals surface area contributed by atoms with Crippen molar-refractivity contribution in [1.82, 2.24) is 0 Å². The second kappa shape index (κ2) is 7.75. The molecule has 1 aliphatic heterocycles. The van der Waals surface area contributed by atoms with E-state index in [0.29, 0.717) is 12.1 Å². The van der Waals surface area contributed by atoms with Gasteiger partial charge < -0.3 is 19.9 Å². The Morgan fingerprint density at radius 3 is 2.46 bits per heavy atom. The molecule has 0 spiro atoms. The van der Waals surface area contributed by atoms with Gasteiger partial charge in [-0.2, -0.15) is 5.26 Å². The van der Waals surface area contributed by atoms with Gasteiger partial charge in [-0.05, 0) is 26.0 Å². The van der Waals surface area contributed by atoms with Crippen LogP contribution >= 0.6 is 0 Å². The Morgan fingerprint density at radius 2 is 1.93 bits per heavy atom. The molecule has 2 N–H and O–H groups in total. The molecule has 11 heteroatoms. The standard InChI is InChI=1S/C17H13F5N2O4/c1-3-26-16(25)11-7(2)27-15(24)8(6-23)12(11)13-9(18)4-5-10(19)14(13)28-17(20,21)22/h4-5,12H,3,24H2,1-2H3. The third-order valence-electron chi connectivity index (χ3n) is 3.70. The Morgan fingerprint density at radius 1 is 1.32 bits per heavy atom. The highest BCUT2D eigenvalue weighted by molar-refractivity contribution is 5.92. The molecule has 6 nitrogen and oxygen atoms in total. The minimum atomic E-state index is -5.38. The molecule has 1 atom stereocenters. The lowest BCUT2D eigenvalue weighted by Gasteiger charge is -2.28. The zero-order valence-corrected chi connectivity index (χ0v) is 14.5. The molecular formula is C17H13F5N2O4. The Balaban J connectivity index is 2.84. The number of nitrogens with two attached hydrogens (primary N) is 1. The SMILES string of the molecule is CCOC(=O)C1=C(C)OC(N)=C(C#N)C1c1c(F)ccc(F)c1OC(F)(F)F. The second-order valence-electron chi connectivity index (χ2n) is 5.43. The van der Waals surface area contributed by atoms with E-state index in [1.165, 1.54) is 13.8 Å². The predicted octanol–water partition coefficient (Wildman–Crippen LogP) is 3.51. The molecule has 0 fully saturated rings. The molecule has 1 aromatic carbocycles. The maximum Gasteiger partial charge on any atom is 0.573 e. The molecule has 150 valence electrons. The van der Waals surface area contributed by atoms with Crippen LogP contribution in [0.3, 0.4) is 0 Å². The monoisotopic (exact) mass is 404 g/mol. The van der Waals surface area contributed by atoms with Crippen LogP contribution < -0.4 is 10.5 Å². The van der Waals surface area contributed by atoms with Gasteiger partial charge in [0.05, 0.1) is 18.1 Å². The van der Waals surface area contributed by atoms with E-state index in [9.17, 15) is 32.0 Å². The highest BCUT2D eigenvalue weighted by Crippen LogP contribution is 2.46. The van der Waals surface area contributed by atoms with Gasteiger partial charge >= 0.3 is 12.3 Å². The van der Waals surface area contributed by atoms with E-state index >= 15 is 0 Å². The number of nitrogens with zero attached hydrogens (tertiary/aromatic N) is 1. The Kier molecular flexibility index (Phi) is 5.82. The summed E-state index contributed by atoms with van der Waals surface area (Å²) in [6, 6.07) is 2.50. The Bertz CT molecular complexity index is 915. The lowest BCUT2D eigenvalue weighted by molar-refractivity contribution is -0.276. The average Bonchev–Trinajstić information content (AvgIpc) is 2.57. The second-order valence-corrected chi connectivity index (χ2v) is 5.43. The van der Waals surface area contributed by atoms with Crippen molar-refractivity contribution in [2.24, 2.45) is 5.73 Å². The molecule has 0 saturated carbocycles. The lowest BCUT2D eigenvalue weighted by atomic mass is 9.82. The number of nitriles is 1. The third kappa shape index (κ3) is 4.00. The third-order valence-corrected chi connectivity index (χ3v) is 3.70. The highest BCUT2D eigenvalue weighted by atomic mass is 19.4. The normalized spacial score (nSPS) is 17.1. The van der Waals surface area contributed by atoms with Crippen LogP contribution in [0.5, 0.6) is 5.75 Å². The number of halogens is 5. The predicted molar refractivity (Wildman–Crippen MR) is 83.0 cm³/mol. The number of esters is 1. The molecule has 1 aromatic rings. The first-order valence-corrected chi connectivity index (χ1v) is 7.70. The topological polar surface area (TPSA) is 94.6 Å². The minimum Gasteiger partial charge on any atom is -0.463 e. The molecule has 0 aliphatic carbocycles. The quantitative estimate of drug-likeness (QED) is 0.610. The first-order valence-electron chi connectivity index (χ1n) is 7.70. The lowest BCUT2D eigenvalue weighted by Crippen LogP contribution is -2.28. The summed E-state index contributed by atoms with van der Waals surface area (Å²) in [6.45, 7) is 2.52. The summed E-state index contributed by atoms with van der Waals surface area (Å²) < 4.78 is 80.5. The van der Waals surface area contributed by atoms with Crippen molar-refractivity contribution in [2.45, 2.75) is 26.1 Å². The largest absolute Gasteiger partial charge is 0.573 e. The first-order chi connectivity index (χ1) is 13.0. The molecule has 1 aliphatic rings. The van der Waals surface area contributed by atoms with Crippen LogP contribution in [0.15, 0.2) is 34.9 Å². The van der Waals surface area contributed by atoms with Gasteiger partial charge in [-0.15, -0.1) is 13.2 Å². The van der Waals surface area contributed by atoms with Gasteiger partial charge in [0, 0.05) is 5.56 Å².